The average Bonchev–Trinajstić information content (AvgIpc) is 3.43. The van der Waals surface area contributed by atoms with Crippen molar-refractivity contribution in [1.29, 1.82) is 5.41 Å². The summed E-state index contributed by atoms with van der Waals surface area (Å²) >= 11 is 0. The molecule has 8 nitrogen and oxygen atoms in total. The van der Waals surface area contributed by atoms with Gasteiger partial charge in [-0.25, -0.2) is 0 Å². The molecule has 1 aliphatic heterocycles. The number of nitrogens with zero attached hydrogens (tertiary/aromatic N) is 2. The Morgan fingerprint density at radius 2 is 2.19 bits per heavy atom. The van der Waals surface area contributed by atoms with Gasteiger partial charge in [0.25, 0.3) is 5.91 Å². The molecule has 1 amide bonds. The van der Waals surface area contributed by atoms with Gasteiger partial charge in [0.2, 0.25) is 0 Å². The molecule has 0 bridgehead atoms. The second-order valence-electron chi connectivity index (χ2n) is 8.00. The van der Waals surface area contributed by atoms with Crippen LogP contribution in [0.15, 0.2) is 43.2 Å². The second-order valence-corrected chi connectivity index (χ2v) is 8.00. The molecule has 8 heteroatoms. The summed E-state index contributed by atoms with van der Waals surface area (Å²) in [5.74, 6) is 0.161. The highest BCUT2D eigenvalue weighted by molar-refractivity contribution is 6.07. The number of hydrogen-bond donors (Lipinski definition) is 4. The maximum atomic E-state index is 13.1. The van der Waals surface area contributed by atoms with Crippen molar-refractivity contribution in [3.63, 3.8) is 0 Å². The molecular formula is C24H28N6O2. The van der Waals surface area contributed by atoms with Crippen molar-refractivity contribution in [2.45, 2.75) is 25.8 Å². The Morgan fingerprint density at radius 1 is 1.38 bits per heavy atom. The predicted octanol–water partition coefficient (Wildman–Crippen LogP) is 3.70. The van der Waals surface area contributed by atoms with Crippen molar-refractivity contribution in [1.82, 2.24) is 14.8 Å². The Balaban J connectivity index is 1.56. The molecule has 0 spiro atoms. The molecule has 5 N–H and O–H groups in total. The number of amides is 1. The molecule has 1 fully saturated rings. The molecule has 0 atom stereocenters. The first kappa shape index (κ1) is 21.6. The Hall–Kier alpha value is -3.65. The van der Waals surface area contributed by atoms with Gasteiger partial charge in [0, 0.05) is 55.3 Å². The first-order valence-electron chi connectivity index (χ1n) is 10.7. The minimum Gasteiger partial charge on any atom is -0.398 e. The molecule has 0 saturated carbocycles. The number of ether oxygens (including phenoxy) is 1. The monoisotopic (exact) mass is 432 g/mol. The molecule has 0 radical (unpaired) electrons. The van der Waals surface area contributed by atoms with E-state index in [0.29, 0.717) is 41.5 Å². The van der Waals surface area contributed by atoms with E-state index in [1.807, 2.05) is 24.4 Å². The number of nitrogens with two attached hydrogens (primary N) is 1. The van der Waals surface area contributed by atoms with E-state index < -0.39 is 0 Å². The minimum absolute atomic E-state index is 0.275. The number of H-pyrrole nitrogens is 1. The van der Waals surface area contributed by atoms with E-state index in [9.17, 15) is 4.79 Å². The largest absolute Gasteiger partial charge is 0.398 e. The van der Waals surface area contributed by atoms with Gasteiger partial charge in [-0.1, -0.05) is 6.58 Å². The summed E-state index contributed by atoms with van der Waals surface area (Å²) in [5, 5.41) is 15.1. The van der Waals surface area contributed by atoms with Gasteiger partial charge in [-0.05, 0) is 66.6 Å². The molecule has 4 rings (SSSR count). The molecule has 1 saturated heterocycles. The molecule has 3 heterocycles. The molecule has 166 valence electrons. The quantitative estimate of drug-likeness (QED) is 0.320. The SMILES string of the molecule is C=Cc1[nH]ccc1Cc1cc(N)c(C=N)c(NC(=O)c2ccnn2CC2CCOCC2)c1. The maximum absolute atomic E-state index is 13.1. The van der Waals surface area contributed by atoms with Crippen LogP contribution in [0.25, 0.3) is 6.08 Å². The number of carbonyl (C=O) groups is 1. The van der Waals surface area contributed by atoms with E-state index in [0.717, 1.165) is 42.9 Å². The average molecular weight is 433 g/mol. The highest BCUT2D eigenvalue weighted by Gasteiger charge is 2.20. The van der Waals surface area contributed by atoms with E-state index >= 15 is 0 Å². The van der Waals surface area contributed by atoms with Crippen molar-refractivity contribution in [3.05, 3.63) is 71.3 Å². The van der Waals surface area contributed by atoms with Gasteiger partial charge in [0.05, 0.1) is 5.69 Å². The van der Waals surface area contributed by atoms with Crippen LogP contribution in [-0.2, 0) is 17.7 Å². The standard InChI is InChI=1S/C24H28N6O2/c1-2-21-18(3-7-27-21)11-17-12-20(26)19(14-25)22(13-17)29-24(31)23-4-8-28-30(23)15-16-5-9-32-10-6-16/h2-4,7-8,12-14,16,25,27H,1,5-6,9-11,15,26H2,(H,29,31). The van der Waals surface area contributed by atoms with Crippen LogP contribution in [0.2, 0.25) is 0 Å². The number of carbonyl (C=O) groups excluding carboxylic acids is 1. The van der Waals surface area contributed by atoms with Crippen molar-refractivity contribution >= 4 is 29.6 Å². The van der Waals surface area contributed by atoms with E-state index in [2.05, 4.69) is 22.0 Å². The van der Waals surface area contributed by atoms with Crippen molar-refractivity contribution in [2.24, 2.45) is 5.92 Å². The number of aromatic amines is 1. The van der Waals surface area contributed by atoms with Crippen LogP contribution in [0.5, 0.6) is 0 Å². The fourth-order valence-electron chi connectivity index (χ4n) is 4.11. The topological polar surface area (TPSA) is 122 Å². The van der Waals surface area contributed by atoms with Crippen LogP contribution in [0.3, 0.4) is 0 Å². The molecular weight excluding hydrogens is 404 g/mol. The third-order valence-corrected chi connectivity index (χ3v) is 5.85. The molecule has 0 aliphatic carbocycles. The van der Waals surface area contributed by atoms with Gasteiger partial charge in [0.1, 0.15) is 5.69 Å². The maximum Gasteiger partial charge on any atom is 0.273 e. The Morgan fingerprint density at radius 3 is 2.94 bits per heavy atom. The number of aromatic nitrogens is 3. The van der Waals surface area contributed by atoms with Gasteiger partial charge in [0.15, 0.2) is 0 Å². The first-order valence-corrected chi connectivity index (χ1v) is 10.7. The number of rotatable bonds is 8. The highest BCUT2D eigenvalue weighted by Crippen LogP contribution is 2.26. The third kappa shape index (κ3) is 4.65. The van der Waals surface area contributed by atoms with Crippen LogP contribution < -0.4 is 11.1 Å². The lowest BCUT2D eigenvalue weighted by Crippen LogP contribution is -2.25. The zero-order valence-corrected chi connectivity index (χ0v) is 17.9. The summed E-state index contributed by atoms with van der Waals surface area (Å²) in [7, 11) is 0. The number of hydrogen-bond acceptors (Lipinski definition) is 5. The van der Waals surface area contributed by atoms with Crippen LogP contribution >= 0.6 is 0 Å². The zero-order valence-electron chi connectivity index (χ0n) is 17.9. The lowest BCUT2D eigenvalue weighted by Gasteiger charge is -2.22. The Labute approximate surface area is 187 Å². The van der Waals surface area contributed by atoms with Crippen molar-refractivity contribution in [2.75, 3.05) is 24.3 Å². The van der Waals surface area contributed by atoms with E-state index in [1.54, 1.807) is 23.0 Å². The number of nitrogens with one attached hydrogen (secondary N) is 3. The Kier molecular flexibility index (Phi) is 6.51. The van der Waals surface area contributed by atoms with Crippen LogP contribution in [0, 0.1) is 11.3 Å². The van der Waals surface area contributed by atoms with Crippen LogP contribution in [0.4, 0.5) is 11.4 Å². The Bertz CT molecular complexity index is 1120. The second kappa shape index (κ2) is 9.65. The van der Waals surface area contributed by atoms with Crippen LogP contribution in [0.1, 0.15) is 45.7 Å². The summed E-state index contributed by atoms with van der Waals surface area (Å²) < 4.78 is 7.17. The van der Waals surface area contributed by atoms with E-state index in [1.165, 1.54) is 6.21 Å². The first-order chi connectivity index (χ1) is 15.6. The summed E-state index contributed by atoms with van der Waals surface area (Å²) in [6.45, 7) is 6.00. The fourth-order valence-corrected chi connectivity index (χ4v) is 4.11. The minimum atomic E-state index is -0.275. The van der Waals surface area contributed by atoms with Crippen molar-refractivity contribution < 1.29 is 9.53 Å². The predicted molar refractivity (Wildman–Crippen MR) is 126 cm³/mol. The molecule has 1 aliphatic rings. The van der Waals surface area contributed by atoms with Gasteiger partial charge < -0.3 is 26.2 Å². The summed E-state index contributed by atoms with van der Waals surface area (Å²) in [6, 6.07) is 7.41. The van der Waals surface area contributed by atoms with Gasteiger partial charge >= 0.3 is 0 Å². The lowest BCUT2D eigenvalue weighted by molar-refractivity contribution is 0.0598. The molecule has 2 aromatic heterocycles. The molecule has 0 unspecified atom stereocenters. The lowest BCUT2D eigenvalue weighted by atomic mass is 10.0. The van der Waals surface area contributed by atoms with Crippen LogP contribution in [-0.4, -0.2) is 40.1 Å². The summed E-state index contributed by atoms with van der Waals surface area (Å²) in [5.41, 5.74) is 11.1. The van der Waals surface area contributed by atoms with E-state index in [4.69, 9.17) is 15.9 Å². The molecule has 1 aromatic carbocycles. The normalized spacial score (nSPS) is 14.2. The fraction of sp³-hybridized carbons (Fsp3) is 0.292. The third-order valence-electron chi connectivity index (χ3n) is 5.85. The number of nitrogen functional groups attached to an aromatic ring is 1. The van der Waals surface area contributed by atoms with Gasteiger partial charge in [-0.15, -0.1) is 0 Å². The zero-order chi connectivity index (χ0) is 22.5. The smallest absolute Gasteiger partial charge is 0.273 e. The summed E-state index contributed by atoms with van der Waals surface area (Å²) in [4.78, 5) is 16.3. The highest BCUT2D eigenvalue weighted by atomic mass is 16.5. The van der Waals surface area contributed by atoms with Gasteiger partial charge in [-0.2, -0.15) is 5.10 Å². The van der Waals surface area contributed by atoms with Crippen molar-refractivity contribution in [3.8, 4) is 0 Å². The van der Waals surface area contributed by atoms with E-state index in [-0.39, 0.29) is 5.91 Å². The van der Waals surface area contributed by atoms with Gasteiger partial charge in [-0.3, -0.25) is 9.48 Å². The number of anilines is 2. The molecule has 3 aromatic rings. The summed E-state index contributed by atoms with van der Waals surface area (Å²) in [6.07, 6.45) is 8.99. The molecule has 32 heavy (non-hydrogen) atoms. The number of benzene rings is 1.